The monoisotopic (exact) mass is 467 g/mol. The van der Waals surface area contributed by atoms with Crippen LogP contribution in [-0.2, 0) is 20.1 Å². The first-order chi connectivity index (χ1) is 16.0. The van der Waals surface area contributed by atoms with Gasteiger partial charge in [-0.3, -0.25) is 18.9 Å². The standard InChI is InChI=1S/C23H29N7O2S/c1-3-29-19-20(26-22(29)28-11-6-7-15(24)13-28)27(2)23(32)30(21(19)31)14-16-10-12-33-18-9-5-4-8-17(18)25-16/h4-5,8-9,15H,3,6-7,10-14,24H2,1-2H3. The zero-order chi connectivity index (χ0) is 23.1. The molecule has 3 aromatic rings. The van der Waals surface area contributed by atoms with E-state index in [4.69, 9.17) is 15.7 Å². The van der Waals surface area contributed by atoms with Crippen molar-refractivity contribution in [3.63, 3.8) is 0 Å². The zero-order valence-electron chi connectivity index (χ0n) is 19.0. The van der Waals surface area contributed by atoms with Gasteiger partial charge in [-0.25, -0.2) is 4.79 Å². The Hall–Kier alpha value is -2.85. The second-order valence-electron chi connectivity index (χ2n) is 8.65. The number of hydrogen-bond acceptors (Lipinski definition) is 7. The lowest BCUT2D eigenvalue weighted by atomic mass is 10.1. The van der Waals surface area contributed by atoms with Crippen LogP contribution in [0.4, 0.5) is 11.6 Å². The van der Waals surface area contributed by atoms with E-state index in [2.05, 4.69) is 11.0 Å². The van der Waals surface area contributed by atoms with E-state index in [0.717, 1.165) is 47.9 Å². The van der Waals surface area contributed by atoms with Gasteiger partial charge >= 0.3 is 5.69 Å². The van der Waals surface area contributed by atoms with Crippen molar-refractivity contribution in [1.82, 2.24) is 18.7 Å². The number of imidazole rings is 1. The maximum Gasteiger partial charge on any atom is 0.332 e. The smallest absolute Gasteiger partial charge is 0.332 e. The summed E-state index contributed by atoms with van der Waals surface area (Å²) in [6, 6.07) is 8.06. The van der Waals surface area contributed by atoms with Gasteiger partial charge in [0.25, 0.3) is 5.56 Å². The van der Waals surface area contributed by atoms with E-state index < -0.39 is 0 Å². The van der Waals surface area contributed by atoms with Crippen LogP contribution in [0, 0.1) is 0 Å². The van der Waals surface area contributed by atoms with Gasteiger partial charge in [-0.15, -0.1) is 11.8 Å². The molecule has 2 aliphatic rings. The van der Waals surface area contributed by atoms with E-state index >= 15 is 0 Å². The van der Waals surface area contributed by atoms with Crippen molar-refractivity contribution >= 4 is 40.3 Å². The SMILES string of the molecule is CCn1c(N2CCCC(N)C2)nc2c1c(=O)n(CC1=Nc3ccccc3SCC1)c(=O)n2C. The Kier molecular flexibility index (Phi) is 5.88. The zero-order valence-corrected chi connectivity index (χ0v) is 19.8. The van der Waals surface area contributed by atoms with E-state index in [1.54, 1.807) is 18.8 Å². The second kappa shape index (κ2) is 8.83. The van der Waals surface area contributed by atoms with Crippen LogP contribution in [-0.4, -0.2) is 49.3 Å². The van der Waals surface area contributed by atoms with Crippen LogP contribution in [0.15, 0.2) is 43.7 Å². The molecule has 0 amide bonds. The molecule has 2 N–H and O–H groups in total. The second-order valence-corrected chi connectivity index (χ2v) is 9.79. The van der Waals surface area contributed by atoms with Crippen LogP contribution in [0.2, 0.25) is 0 Å². The Bertz CT molecular complexity index is 1350. The van der Waals surface area contributed by atoms with Crippen LogP contribution in [0.5, 0.6) is 0 Å². The number of aryl methyl sites for hydroxylation is 2. The fourth-order valence-electron chi connectivity index (χ4n) is 4.71. The van der Waals surface area contributed by atoms with Crippen molar-refractivity contribution in [2.24, 2.45) is 17.8 Å². The lowest BCUT2D eigenvalue weighted by molar-refractivity contribution is 0.494. The number of nitrogens with zero attached hydrogens (tertiary/aromatic N) is 6. The van der Waals surface area contributed by atoms with Gasteiger partial charge in [0.05, 0.1) is 12.2 Å². The first kappa shape index (κ1) is 22.0. The van der Waals surface area contributed by atoms with Crippen molar-refractivity contribution in [3.8, 4) is 0 Å². The molecule has 0 radical (unpaired) electrons. The van der Waals surface area contributed by atoms with Crippen molar-refractivity contribution in [2.75, 3.05) is 23.7 Å². The Labute approximate surface area is 195 Å². The summed E-state index contributed by atoms with van der Waals surface area (Å²) in [6.07, 6.45) is 2.69. The molecule has 0 bridgehead atoms. The normalized spacial score (nSPS) is 18.8. The van der Waals surface area contributed by atoms with Gasteiger partial charge in [-0.2, -0.15) is 4.98 Å². The third-order valence-electron chi connectivity index (χ3n) is 6.40. The Morgan fingerprint density at radius 2 is 2.03 bits per heavy atom. The van der Waals surface area contributed by atoms with Crippen molar-refractivity contribution < 1.29 is 0 Å². The number of aromatic nitrogens is 4. The lowest BCUT2D eigenvalue weighted by Crippen LogP contribution is -2.44. The molecule has 1 aromatic carbocycles. The molecule has 1 atom stereocenters. The number of nitrogens with two attached hydrogens (primary N) is 1. The maximum atomic E-state index is 13.6. The largest absolute Gasteiger partial charge is 0.341 e. The van der Waals surface area contributed by atoms with Crippen molar-refractivity contribution in [1.29, 1.82) is 0 Å². The molecule has 0 aliphatic carbocycles. The molecule has 1 fully saturated rings. The van der Waals surface area contributed by atoms with Gasteiger partial charge < -0.3 is 15.2 Å². The average molecular weight is 468 g/mol. The molecule has 2 aliphatic heterocycles. The van der Waals surface area contributed by atoms with Gasteiger partial charge in [0.15, 0.2) is 11.2 Å². The van der Waals surface area contributed by atoms with Crippen LogP contribution in [0.25, 0.3) is 11.2 Å². The number of hydrogen-bond donors (Lipinski definition) is 1. The summed E-state index contributed by atoms with van der Waals surface area (Å²) >= 11 is 1.75. The predicted molar refractivity (Wildman–Crippen MR) is 133 cm³/mol. The molecule has 0 spiro atoms. The first-order valence-electron chi connectivity index (χ1n) is 11.5. The van der Waals surface area contributed by atoms with Crippen LogP contribution >= 0.6 is 11.8 Å². The number of anilines is 1. The highest BCUT2D eigenvalue weighted by atomic mass is 32.2. The molecule has 4 heterocycles. The van der Waals surface area contributed by atoms with Gasteiger partial charge in [0.2, 0.25) is 5.95 Å². The minimum Gasteiger partial charge on any atom is -0.341 e. The van der Waals surface area contributed by atoms with Crippen molar-refractivity contribution in [2.45, 2.75) is 50.2 Å². The molecule has 0 saturated carbocycles. The van der Waals surface area contributed by atoms with Crippen molar-refractivity contribution in [3.05, 3.63) is 45.1 Å². The average Bonchev–Trinajstić information content (AvgIpc) is 3.09. The molecule has 2 aromatic heterocycles. The topological polar surface area (TPSA) is 103 Å². The predicted octanol–water partition coefficient (Wildman–Crippen LogP) is 2.11. The number of aliphatic imine (C=N–C) groups is 1. The van der Waals surface area contributed by atoms with Gasteiger partial charge in [0, 0.05) is 49.1 Å². The maximum absolute atomic E-state index is 13.6. The third-order valence-corrected chi connectivity index (χ3v) is 7.47. The summed E-state index contributed by atoms with van der Waals surface area (Å²) in [5.41, 5.74) is 8.10. The number of piperidine rings is 1. The van der Waals surface area contributed by atoms with Crippen LogP contribution < -0.4 is 21.9 Å². The summed E-state index contributed by atoms with van der Waals surface area (Å²) in [7, 11) is 1.68. The Morgan fingerprint density at radius 1 is 1.21 bits per heavy atom. The molecule has 1 saturated heterocycles. The van der Waals surface area contributed by atoms with E-state index in [0.29, 0.717) is 30.2 Å². The van der Waals surface area contributed by atoms with E-state index in [9.17, 15) is 9.59 Å². The highest BCUT2D eigenvalue weighted by Gasteiger charge is 2.26. The van der Waals surface area contributed by atoms with E-state index in [1.165, 1.54) is 9.13 Å². The number of thioether (sulfide) groups is 1. The number of fused-ring (bicyclic) bond motifs is 2. The molecule has 9 nitrogen and oxygen atoms in total. The molecular formula is C23H29N7O2S. The summed E-state index contributed by atoms with van der Waals surface area (Å²) in [5, 5.41) is 0. The molecule has 33 heavy (non-hydrogen) atoms. The first-order valence-corrected chi connectivity index (χ1v) is 12.4. The number of benzene rings is 1. The fraction of sp³-hybridized carbons (Fsp3) is 0.478. The molecule has 5 rings (SSSR count). The van der Waals surface area contributed by atoms with Crippen LogP contribution in [0.3, 0.4) is 0 Å². The third kappa shape index (κ3) is 3.91. The van der Waals surface area contributed by atoms with Gasteiger partial charge in [-0.1, -0.05) is 12.1 Å². The van der Waals surface area contributed by atoms with E-state index in [1.807, 2.05) is 29.7 Å². The summed E-state index contributed by atoms with van der Waals surface area (Å²) in [5.74, 6) is 1.57. The highest BCUT2D eigenvalue weighted by Crippen LogP contribution is 2.32. The van der Waals surface area contributed by atoms with Gasteiger partial charge in [-0.05, 0) is 38.3 Å². The number of rotatable bonds is 4. The number of para-hydroxylation sites is 1. The van der Waals surface area contributed by atoms with E-state index in [-0.39, 0.29) is 23.8 Å². The molecule has 174 valence electrons. The summed E-state index contributed by atoms with van der Waals surface area (Å²) < 4.78 is 4.71. The lowest BCUT2D eigenvalue weighted by Gasteiger charge is -2.31. The molecule has 1 unspecified atom stereocenters. The quantitative estimate of drug-likeness (QED) is 0.630. The minimum absolute atomic E-state index is 0.0818. The summed E-state index contributed by atoms with van der Waals surface area (Å²) in [6.45, 7) is 4.28. The van der Waals surface area contributed by atoms with Gasteiger partial charge in [0.1, 0.15) is 0 Å². The Balaban J connectivity index is 1.62. The van der Waals surface area contributed by atoms with Crippen LogP contribution in [0.1, 0.15) is 26.2 Å². The molecule has 10 heteroatoms. The fourth-order valence-corrected chi connectivity index (χ4v) is 5.70. The highest BCUT2D eigenvalue weighted by molar-refractivity contribution is 7.99. The minimum atomic E-state index is -0.372. The molecular weight excluding hydrogens is 438 g/mol. The summed E-state index contributed by atoms with van der Waals surface area (Å²) in [4.78, 5) is 39.7. The Morgan fingerprint density at radius 3 is 2.82 bits per heavy atom.